The lowest BCUT2D eigenvalue weighted by atomic mass is 10.1. The third-order valence-electron chi connectivity index (χ3n) is 4.56. The maximum absolute atomic E-state index is 12.5. The van der Waals surface area contributed by atoms with Gasteiger partial charge in [-0.15, -0.1) is 0 Å². The van der Waals surface area contributed by atoms with Gasteiger partial charge in [0.25, 0.3) is 0 Å². The van der Waals surface area contributed by atoms with Crippen LogP contribution in [0.3, 0.4) is 0 Å². The Morgan fingerprint density at radius 1 is 1.23 bits per heavy atom. The van der Waals surface area contributed by atoms with E-state index in [9.17, 15) is 4.79 Å². The number of amides is 1. The highest BCUT2D eigenvalue weighted by molar-refractivity contribution is 5.93. The van der Waals surface area contributed by atoms with Crippen LogP contribution in [-0.4, -0.2) is 25.0 Å². The molecular weight excluding hydrogens is 272 g/mol. The Hall–Kier alpha value is -1.35. The Kier molecular flexibility index (Phi) is 6.91. The standard InChI is InChI=1S/C19H30N2O/c1-3-21(18-12-8-9-16(2)15-18)19(22)13-14-20-17-10-6-4-5-7-11-17/h8-9,12,15,17,20H,3-7,10-11,13-14H2,1-2H3. The van der Waals surface area contributed by atoms with Crippen LogP contribution in [0.1, 0.15) is 57.4 Å². The summed E-state index contributed by atoms with van der Waals surface area (Å²) >= 11 is 0. The molecule has 122 valence electrons. The minimum atomic E-state index is 0.217. The highest BCUT2D eigenvalue weighted by atomic mass is 16.2. The van der Waals surface area contributed by atoms with Crippen molar-refractivity contribution in [3.63, 3.8) is 0 Å². The molecule has 0 aromatic heterocycles. The number of nitrogens with one attached hydrogen (secondary N) is 1. The van der Waals surface area contributed by atoms with Gasteiger partial charge in [0, 0.05) is 31.2 Å². The van der Waals surface area contributed by atoms with Crippen molar-refractivity contribution < 1.29 is 4.79 Å². The predicted octanol–water partition coefficient (Wildman–Crippen LogP) is 4.05. The smallest absolute Gasteiger partial charge is 0.228 e. The van der Waals surface area contributed by atoms with Gasteiger partial charge >= 0.3 is 0 Å². The Bertz CT molecular complexity index is 464. The molecule has 2 rings (SSSR count). The van der Waals surface area contributed by atoms with Crippen molar-refractivity contribution in [3.8, 4) is 0 Å². The van der Waals surface area contributed by atoms with E-state index in [0.29, 0.717) is 12.5 Å². The van der Waals surface area contributed by atoms with Gasteiger partial charge in [-0.2, -0.15) is 0 Å². The number of aryl methyl sites for hydroxylation is 1. The van der Waals surface area contributed by atoms with Crippen molar-refractivity contribution in [2.24, 2.45) is 0 Å². The third-order valence-corrected chi connectivity index (χ3v) is 4.56. The van der Waals surface area contributed by atoms with Crippen molar-refractivity contribution in [3.05, 3.63) is 29.8 Å². The summed E-state index contributed by atoms with van der Waals surface area (Å²) in [6.45, 7) is 5.63. The van der Waals surface area contributed by atoms with Crippen LogP contribution in [-0.2, 0) is 4.79 Å². The topological polar surface area (TPSA) is 32.3 Å². The maximum atomic E-state index is 12.5. The highest BCUT2D eigenvalue weighted by Crippen LogP contribution is 2.18. The number of benzene rings is 1. The number of carbonyl (C=O) groups is 1. The molecule has 1 aromatic rings. The largest absolute Gasteiger partial charge is 0.313 e. The van der Waals surface area contributed by atoms with Gasteiger partial charge in [-0.1, -0.05) is 37.8 Å². The van der Waals surface area contributed by atoms with Crippen molar-refractivity contribution in [1.82, 2.24) is 5.32 Å². The van der Waals surface area contributed by atoms with Gasteiger partial charge in [0.15, 0.2) is 0 Å². The number of hydrogen-bond donors (Lipinski definition) is 1. The van der Waals surface area contributed by atoms with Gasteiger partial charge in [-0.3, -0.25) is 4.79 Å². The summed E-state index contributed by atoms with van der Waals surface area (Å²) in [7, 11) is 0. The molecule has 0 radical (unpaired) electrons. The molecule has 22 heavy (non-hydrogen) atoms. The molecule has 0 aliphatic heterocycles. The highest BCUT2D eigenvalue weighted by Gasteiger charge is 2.15. The predicted molar refractivity (Wildman–Crippen MR) is 93.3 cm³/mol. The number of nitrogens with zero attached hydrogens (tertiary/aromatic N) is 1. The Morgan fingerprint density at radius 3 is 2.59 bits per heavy atom. The molecule has 0 bridgehead atoms. The van der Waals surface area contributed by atoms with Crippen LogP contribution in [0.25, 0.3) is 0 Å². The van der Waals surface area contributed by atoms with Crippen LogP contribution in [0.4, 0.5) is 5.69 Å². The van der Waals surface area contributed by atoms with E-state index >= 15 is 0 Å². The fraction of sp³-hybridized carbons (Fsp3) is 0.632. The number of hydrogen-bond acceptors (Lipinski definition) is 2. The first-order valence-electron chi connectivity index (χ1n) is 8.81. The summed E-state index contributed by atoms with van der Waals surface area (Å²) in [6, 6.07) is 8.80. The molecule has 1 amide bonds. The molecule has 0 saturated heterocycles. The zero-order chi connectivity index (χ0) is 15.8. The molecule has 1 aromatic carbocycles. The molecule has 1 saturated carbocycles. The van der Waals surface area contributed by atoms with Gasteiger partial charge in [-0.05, 0) is 44.4 Å². The Morgan fingerprint density at radius 2 is 1.95 bits per heavy atom. The van der Waals surface area contributed by atoms with Crippen molar-refractivity contribution in [2.75, 3.05) is 18.0 Å². The zero-order valence-corrected chi connectivity index (χ0v) is 14.1. The van der Waals surface area contributed by atoms with E-state index in [4.69, 9.17) is 0 Å². The second-order valence-electron chi connectivity index (χ2n) is 6.37. The lowest BCUT2D eigenvalue weighted by molar-refractivity contribution is -0.118. The molecule has 0 atom stereocenters. The van der Waals surface area contributed by atoms with Gasteiger partial charge in [0.2, 0.25) is 5.91 Å². The Labute approximate surface area is 135 Å². The van der Waals surface area contributed by atoms with E-state index in [1.54, 1.807) is 0 Å². The molecule has 1 fully saturated rings. The van der Waals surface area contributed by atoms with Gasteiger partial charge in [-0.25, -0.2) is 0 Å². The van der Waals surface area contributed by atoms with Crippen LogP contribution in [0.5, 0.6) is 0 Å². The lowest BCUT2D eigenvalue weighted by Crippen LogP contribution is -2.36. The van der Waals surface area contributed by atoms with Crippen LogP contribution >= 0.6 is 0 Å². The molecule has 1 aliphatic carbocycles. The molecule has 0 heterocycles. The molecule has 1 aliphatic rings. The van der Waals surface area contributed by atoms with E-state index in [1.807, 2.05) is 24.0 Å². The maximum Gasteiger partial charge on any atom is 0.228 e. The van der Waals surface area contributed by atoms with Crippen molar-refractivity contribution in [2.45, 2.75) is 64.8 Å². The first-order valence-corrected chi connectivity index (χ1v) is 8.81. The second-order valence-corrected chi connectivity index (χ2v) is 6.37. The molecule has 1 N–H and O–H groups in total. The van der Waals surface area contributed by atoms with Crippen molar-refractivity contribution >= 4 is 11.6 Å². The summed E-state index contributed by atoms with van der Waals surface area (Å²) in [5.41, 5.74) is 2.21. The van der Waals surface area contributed by atoms with Crippen LogP contribution < -0.4 is 10.2 Å². The van der Waals surface area contributed by atoms with E-state index < -0.39 is 0 Å². The van der Waals surface area contributed by atoms with Gasteiger partial charge in [0.1, 0.15) is 0 Å². The average Bonchev–Trinajstić information content (AvgIpc) is 2.77. The average molecular weight is 302 g/mol. The second kappa shape index (κ2) is 8.94. The quantitative estimate of drug-likeness (QED) is 0.804. The van der Waals surface area contributed by atoms with Crippen molar-refractivity contribution in [1.29, 1.82) is 0 Å². The van der Waals surface area contributed by atoms with Crippen LogP contribution in [0.15, 0.2) is 24.3 Å². The lowest BCUT2D eigenvalue weighted by Gasteiger charge is -2.22. The monoisotopic (exact) mass is 302 g/mol. The van der Waals surface area contributed by atoms with E-state index in [1.165, 1.54) is 44.1 Å². The van der Waals surface area contributed by atoms with Crippen LogP contribution in [0, 0.1) is 6.92 Å². The molecule has 3 nitrogen and oxygen atoms in total. The normalized spacial score (nSPS) is 16.3. The summed E-state index contributed by atoms with van der Waals surface area (Å²) in [4.78, 5) is 14.4. The minimum Gasteiger partial charge on any atom is -0.313 e. The first kappa shape index (κ1) is 17.0. The fourth-order valence-corrected chi connectivity index (χ4v) is 3.30. The van der Waals surface area contributed by atoms with E-state index in [2.05, 4.69) is 24.4 Å². The van der Waals surface area contributed by atoms with E-state index in [-0.39, 0.29) is 5.91 Å². The molecule has 3 heteroatoms. The molecule has 0 unspecified atom stereocenters. The molecule has 0 spiro atoms. The number of anilines is 1. The SMILES string of the molecule is CCN(C(=O)CCNC1CCCCCC1)c1cccc(C)c1. The Balaban J connectivity index is 1.82. The number of carbonyl (C=O) groups excluding carboxylic acids is 1. The summed E-state index contributed by atoms with van der Waals surface area (Å²) in [5.74, 6) is 0.217. The zero-order valence-electron chi connectivity index (χ0n) is 14.1. The summed E-state index contributed by atoms with van der Waals surface area (Å²) < 4.78 is 0. The first-order chi connectivity index (χ1) is 10.7. The minimum absolute atomic E-state index is 0.217. The summed E-state index contributed by atoms with van der Waals surface area (Å²) in [6.07, 6.45) is 8.51. The fourth-order valence-electron chi connectivity index (χ4n) is 3.30. The summed E-state index contributed by atoms with van der Waals surface area (Å²) in [5, 5.41) is 3.59. The van der Waals surface area contributed by atoms with Crippen LogP contribution in [0.2, 0.25) is 0 Å². The van der Waals surface area contributed by atoms with Gasteiger partial charge in [0.05, 0.1) is 0 Å². The van der Waals surface area contributed by atoms with E-state index in [0.717, 1.165) is 18.8 Å². The number of rotatable bonds is 6. The third kappa shape index (κ3) is 5.13. The van der Waals surface area contributed by atoms with Gasteiger partial charge < -0.3 is 10.2 Å². The molecular formula is C19H30N2O.